The molecular weight excluding hydrogens is 184 g/mol. The van der Waals surface area contributed by atoms with Crippen LogP contribution in [0.2, 0.25) is 0 Å². The fourth-order valence-electron chi connectivity index (χ4n) is 1.47. The average molecular weight is 202 g/mol. The van der Waals surface area contributed by atoms with Crippen molar-refractivity contribution in [3.05, 3.63) is 0 Å². The molecule has 0 aromatic carbocycles. The maximum atomic E-state index is 10.6. The molecule has 1 N–H and O–H groups in total. The highest BCUT2D eigenvalue weighted by Crippen LogP contribution is 2.36. The Balaban J connectivity index is 2.71. The van der Waals surface area contributed by atoms with Gasteiger partial charge in [-0.25, -0.2) is 0 Å². The predicted molar refractivity (Wildman–Crippen MR) is 50.9 cm³/mol. The minimum atomic E-state index is -0.833. The first-order chi connectivity index (χ1) is 6.23. The Morgan fingerprint density at radius 3 is 2.50 bits per heavy atom. The van der Waals surface area contributed by atoms with E-state index in [0.717, 1.165) is 0 Å². The number of rotatable bonds is 2. The van der Waals surface area contributed by atoms with Gasteiger partial charge in [-0.3, -0.25) is 4.79 Å². The van der Waals surface area contributed by atoms with Crippen LogP contribution in [0.25, 0.3) is 0 Å². The fraction of sp³-hybridized carbons (Fsp3) is 0.900. The van der Waals surface area contributed by atoms with E-state index in [1.807, 2.05) is 13.8 Å². The van der Waals surface area contributed by atoms with Crippen LogP contribution in [0.1, 0.15) is 34.1 Å². The first kappa shape index (κ1) is 11.5. The molecule has 0 bridgehead atoms. The van der Waals surface area contributed by atoms with Gasteiger partial charge in [-0.2, -0.15) is 0 Å². The first-order valence-corrected chi connectivity index (χ1v) is 4.76. The van der Waals surface area contributed by atoms with Gasteiger partial charge in [0.2, 0.25) is 0 Å². The smallest absolute Gasteiger partial charge is 0.306 e. The lowest BCUT2D eigenvalue weighted by Gasteiger charge is -2.45. The topological polar surface area (TPSA) is 55.8 Å². The van der Waals surface area contributed by atoms with E-state index < -0.39 is 11.8 Å². The number of hydrogen-bond acceptors (Lipinski definition) is 3. The third-order valence-corrected chi connectivity index (χ3v) is 2.45. The zero-order valence-electron chi connectivity index (χ0n) is 9.16. The van der Waals surface area contributed by atoms with E-state index in [1.54, 1.807) is 13.8 Å². The number of carbonyl (C=O) groups is 1. The Bertz CT molecular complexity index is 232. The molecule has 0 unspecified atom stereocenters. The predicted octanol–water partition coefficient (Wildman–Crippen LogP) is 1.64. The van der Waals surface area contributed by atoms with Gasteiger partial charge in [-0.15, -0.1) is 0 Å². The Labute approximate surface area is 84.2 Å². The molecule has 1 aliphatic heterocycles. The summed E-state index contributed by atoms with van der Waals surface area (Å²) in [6.45, 7) is 8.04. The van der Waals surface area contributed by atoms with E-state index in [4.69, 9.17) is 14.6 Å². The second kappa shape index (κ2) is 3.51. The average Bonchev–Trinajstić information content (AvgIpc) is 1.97. The highest BCUT2D eigenvalue weighted by atomic mass is 16.7. The van der Waals surface area contributed by atoms with Gasteiger partial charge in [0.25, 0.3) is 0 Å². The second-order valence-corrected chi connectivity index (χ2v) is 4.88. The van der Waals surface area contributed by atoms with E-state index in [1.165, 1.54) is 0 Å². The van der Waals surface area contributed by atoms with E-state index in [9.17, 15) is 4.79 Å². The van der Waals surface area contributed by atoms with Crippen LogP contribution in [0.3, 0.4) is 0 Å². The van der Waals surface area contributed by atoms with Gasteiger partial charge in [0.1, 0.15) is 0 Å². The van der Waals surface area contributed by atoms with Crippen LogP contribution in [-0.4, -0.2) is 29.6 Å². The molecule has 0 aliphatic carbocycles. The highest BCUT2D eigenvalue weighted by molar-refractivity contribution is 5.67. The van der Waals surface area contributed by atoms with Crippen molar-refractivity contribution in [1.29, 1.82) is 0 Å². The second-order valence-electron chi connectivity index (χ2n) is 4.88. The molecule has 0 aromatic heterocycles. The van der Waals surface area contributed by atoms with Crippen LogP contribution in [-0.2, 0) is 14.3 Å². The normalized spacial score (nSPS) is 29.9. The first-order valence-electron chi connectivity index (χ1n) is 4.76. The minimum absolute atomic E-state index is 0.0276. The number of ether oxygens (including phenoxy) is 2. The summed E-state index contributed by atoms with van der Waals surface area (Å²) in [5.74, 6) is -1.50. The molecule has 0 spiro atoms. The summed E-state index contributed by atoms with van der Waals surface area (Å²) in [6, 6.07) is 0. The summed E-state index contributed by atoms with van der Waals surface area (Å²) >= 11 is 0. The molecule has 1 aliphatic rings. The molecule has 4 nitrogen and oxygen atoms in total. The summed E-state index contributed by atoms with van der Waals surface area (Å²) in [5, 5.41) is 8.75. The third-order valence-electron chi connectivity index (χ3n) is 2.45. The SMILES string of the molecule is CC1(C)OCC(C)(C)[C@H](CC(=O)O)O1. The molecule has 1 fully saturated rings. The van der Waals surface area contributed by atoms with Crippen LogP contribution >= 0.6 is 0 Å². The van der Waals surface area contributed by atoms with E-state index in [-0.39, 0.29) is 17.9 Å². The molecule has 0 amide bonds. The molecule has 1 atom stereocenters. The highest BCUT2D eigenvalue weighted by Gasteiger charge is 2.42. The van der Waals surface area contributed by atoms with Crippen molar-refractivity contribution in [2.45, 2.75) is 46.0 Å². The molecule has 1 saturated heterocycles. The van der Waals surface area contributed by atoms with Gasteiger partial charge in [-0.05, 0) is 13.8 Å². The summed E-state index contributed by atoms with van der Waals surface area (Å²) in [5.41, 5.74) is -0.242. The summed E-state index contributed by atoms with van der Waals surface area (Å²) < 4.78 is 11.1. The Kier molecular flexibility index (Phi) is 2.88. The molecule has 0 radical (unpaired) electrons. The lowest BCUT2D eigenvalue weighted by atomic mass is 9.84. The lowest BCUT2D eigenvalue weighted by molar-refractivity contribution is -0.311. The van der Waals surface area contributed by atoms with E-state index in [0.29, 0.717) is 6.61 Å². The van der Waals surface area contributed by atoms with Gasteiger partial charge >= 0.3 is 5.97 Å². The van der Waals surface area contributed by atoms with Crippen molar-refractivity contribution >= 4 is 5.97 Å². The molecule has 0 saturated carbocycles. The van der Waals surface area contributed by atoms with Gasteiger partial charge in [0.15, 0.2) is 5.79 Å². The lowest BCUT2D eigenvalue weighted by Crippen LogP contribution is -2.50. The van der Waals surface area contributed by atoms with Crippen molar-refractivity contribution in [1.82, 2.24) is 0 Å². The molecular formula is C10H18O4. The molecule has 1 rings (SSSR count). The summed E-state index contributed by atoms with van der Waals surface area (Å²) in [7, 11) is 0. The van der Waals surface area contributed by atoms with Gasteiger partial charge < -0.3 is 14.6 Å². The number of carboxylic acid groups (broad SMARTS) is 1. The standard InChI is InChI=1S/C10H18O4/c1-9(2)6-13-10(3,4)14-7(9)5-8(11)12/h7H,5-6H2,1-4H3,(H,11,12)/t7-/m0/s1. The Morgan fingerprint density at radius 1 is 1.43 bits per heavy atom. The number of hydrogen-bond donors (Lipinski definition) is 1. The molecule has 4 heteroatoms. The number of aliphatic carboxylic acids is 1. The van der Waals surface area contributed by atoms with Crippen LogP contribution in [0.15, 0.2) is 0 Å². The van der Waals surface area contributed by atoms with Crippen LogP contribution in [0.5, 0.6) is 0 Å². The van der Waals surface area contributed by atoms with Gasteiger partial charge in [0.05, 0.1) is 19.1 Å². The van der Waals surface area contributed by atoms with Gasteiger partial charge in [-0.1, -0.05) is 13.8 Å². The zero-order valence-corrected chi connectivity index (χ0v) is 9.16. The van der Waals surface area contributed by atoms with E-state index >= 15 is 0 Å². The quantitative estimate of drug-likeness (QED) is 0.739. The largest absolute Gasteiger partial charge is 0.481 e. The van der Waals surface area contributed by atoms with E-state index in [2.05, 4.69) is 0 Å². The minimum Gasteiger partial charge on any atom is -0.481 e. The third kappa shape index (κ3) is 2.69. The summed E-state index contributed by atoms with van der Waals surface area (Å²) in [6.07, 6.45) is -0.261. The van der Waals surface area contributed by atoms with Crippen molar-refractivity contribution in [2.24, 2.45) is 5.41 Å². The van der Waals surface area contributed by atoms with Crippen molar-refractivity contribution in [3.63, 3.8) is 0 Å². The van der Waals surface area contributed by atoms with Crippen LogP contribution < -0.4 is 0 Å². The zero-order chi connectivity index (χ0) is 11.0. The van der Waals surface area contributed by atoms with Crippen molar-refractivity contribution in [3.8, 4) is 0 Å². The fourth-order valence-corrected chi connectivity index (χ4v) is 1.47. The van der Waals surface area contributed by atoms with Crippen molar-refractivity contribution in [2.75, 3.05) is 6.61 Å². The van der Waals surface area contributed by atoms with Gasteiger partial charge in [0, 0.05) is 5.41 Å². The molecule has 1 heterocycles. The van der Waals surface area contributed by atoms with Crippen molar-refractivity contribution < 1.29 is 19.4 Å². The summed E-state index contributed by atoms with van der Waals surface area (Å²) in [4.78, 5) is 10.6. The maximum Gasteiger partial charge on any atom is 0.306 e. The molecule has 82 valence electrons. The molecule has 14 heavy (non-hydrogen) atoms. The number of carboxylic acids is 1. The molecule has 0 aromatic rings. The van der Waals surface area contributed by atoms with Crippen LogP contribution in [0.4, 0.5) is 0 Å². The van der Waals surface area contributed by atoms with Crippen LogP contribution in [0, 0.1) is 5.41 Å². The maximum absolute atomic E-state index is 10.6. The Hall–Kier alpha value is -0.610. The monoisotopic (exact) mass is 202 g/mol. The Morgan fingerprint density at radius 2 is 2.00 bits per heavy atom.